The number of carbonyl (C=O) groups excluding carboxylic acids is 2. The summed E-state index contributed by atoms with van der Waals surface area (Å²) < 4.78 is 5.35. The lowest BCUT2D eigenvalue weighted by molar-refractivity contribution is -0.152. The van der Waals surface area contributed by atoms with E-state index in [9.17, 15) is 9.59 Å². The van der Waals surface area contributed by atoms with E-state index in [1.807, 2.05) is 24.3 Å². The van der Waals surface area contributed by atoms with Gasteiger partial charge in [-0.2, -0.15) is 0 Å². The summed E-state index contributed by atoms with van der Waals surface area (Å²) in [4.78, 5) is 27.9. The molecule has 0 spiro atoms. The average molecular weight is 317 g/mol. The number of carbonyl (C=O) groups is 2. The Labute approximate surface area is 136 Å². The number of hydrogen-bond donors (Lipinski definition) is 1. The van der Waals surface area contributed by atoms with Crippen LogP contribution in [0.3, 0.4) is 0 Å². The van der Waals surface area contributed by atoms with Crippen molar-refractivity contribution in [2.75, 3.05) is 43.1 Å². The van der Waals surface area contributed by atoms with Crippen LogP contribution < -0.4 is 10.2 Å². The number of amides is 2. The highest BCUT2D eigenvalue weighted by molar-refractivity contribution is 6.01. The van der Waals surface area contributed by atoms with Crippen molar-refractivity contribution < 1.29 is 14.3 Å². The second-order valence-corrected chi connectivity index (χ2v) is 6.45. The topological polar surface area (TPSA) is 61.9 Å². The Hall–Kier alpha value is -2.08. The van der Waals surface area contributed by atoms with Crippen molar-refractivity contribution >= 4 is 23.2 Å². The minimum Gasteiger partial charge on any atom is -0.378 e. The third-order valence-corrected chi connectivity index (χ3v) is 4.58. The Morgan fingerprint density at radius 3 is 2.30 bits per heavy atom. The zero-order chi connectivity index (χ0) is 16.4. The molecule has 6 heteroatoms. The molecule has 2 amide bonds. The van der Waals surface area contributed by atoms with Crippen LogP contribution in [0.15, 0.2) is 24.3 Å². The standard InChI is InChI=1S/C17H23N3O3/c1-17(2,20-8-7-15(20)21)16(22)18-13-3-5-14(6-4-13)19-9-11-23-12-10-19/h3-6H,7-12H2,1-2H3,(H,18,22). The molecule has 0 unspecified atom stereocenters. The van der Waals surface area contributed by atoms with Gasteiger partial charge in [0.2, 0.25) is 11.8 Å². The summed E-state index contributed by atoms with van der Waals surface area (Å²) in [5.41, 5.74) is 1.05. The predicted octanol–water partition coefficient (Wildman–Crippen LogP) is 1.47. The minimum atomic E-state index is -0.821. The molecule has 0 aromatic heterocycles. The molecule has 2 aliphatic rings. The fraction of sp³-hybridized carbons (Fsp3) is 0.529. The summed E-state index contributed by atoms with van der Waals surface area (Å²) >= 11 is 0. The second-order valence-electron chi connectivity index (χ2n) is 6.45. The predicted molar refractivity (Wildman–Crippen MR) is 88.5 cm³/mol. The van der Waals surface area contributed by atoms with Crippen molar-refractivity contribution in [3.05, 3.63) is 24.3 Å². The number of likely N-dealkylation sites (tertiary alicyclic amines) is 1. The van der Waals surface area contributed by atoms with Crippen molar-refractivity contribution in [2.24, 2.45) is 0 Å². The molecule has 0 bridgehead atoms. The number of ether oxygens (including phenoxy) is 1. The van der Waals surface area contributed by atoms with Crippen LogP contribution in [0.4, 0.5) is 11.4 Å². The zero-order valence-electron chi connectivity index (χ0n) is 13.7. The number of morpholine rings is 1. The van der Waals surface area contributed by atoms with E-state index in [2.05, 4.69) is 10.2 Å². The number of β-lactam (4-membered cyclic amide) rings is 1. The summed E-state index contributed by atoms with van der Waals surface area (Å²) in [6.07, 6.45) is 0.533. The number of nitrogens with one attached hydrogen (secondary N) is 1. The average Bonchev–Trinajstić information content (AvgIpc) is 2.54. The number of anilines is 2. The van der Waals surface area contributed by atoms with E-state index >= 15 is 0 Å². The fourth-order valence-electron chi connectivity index (χ4n) is 2.89. The number of rotatable bonds is 4. The van der Waals surface area contributed by atoms with Crippen LogP contribution >= 0.6 is 0 Å². The van der Waals surface area contributed by atoms with Crippen molar-refractivity contribution in [3.8, 4) is 0 Å². The van der Waals surface area contributed by atoms with E-state index < -0.39 is 5.54 Å². The molecule has 0 atom stereocenters. The first kappa shape index (κ1) is 15.8. The maximum Gasteiger partial charge on any atom is 0.249 e. The van der Waals surface area contributed by atoms with Crippen molar-refractivity contribution in [2.45, 2.75) is 25.8 Å². The minimum absolute atomic E-state index is 0.0350. The van der Waals surface area contributed by atoms with Gasteiger partial charge in [0.25, 0.3) is 0 Å². The molecule has 23 heavy (non-hydrogen) atoms. The highest BCUT2D eigenvalue weighted by atomic mass is 16.5. The van der Waals surface area contributed by atoms with Crippen LogP contribution in [-0.2, 0) is 14.3 Å². The fourth-order valence-corrected chi connectivity index (χ4v) is 2.89. The van der Waals surface area contributed by atoms with Crippen LogP contribution in [0, 0.1) is 0 Å². The lowest BCUT2D eigenvalue weighted by Gasteiger charge is -2.42. The Morgan fingerprint density at radius 2 is 1.78 bits per heavy atom. The summed E-state index contributed by atoms with van der Waals surface area (Å²) in [7, 11) is 0. The van der Waals surface area contributed by atoms with Gasteiger partial charge in [0.15, 0.2) is 0 Å². The van der Waals surface area contributed by atoms with E-state index in [4.69, 9.17) is 4.74 Å². The first-order chi connectivity index (χ1) is 11.0. The monoisotopic (exact) mass is 317 g/mol. The molecule has 6 nitrogen and oxygen atoms in total. The van der Waals surface area contributed by atoms with Gasteiger partial charge in [-0.3, -0.25) is 9.59 Å². The molecule has 1 aromatic carbocycles. The Bertz CT molecular complexity index is 592. The molecule has 1 aromatic rings. The van der Waals surface area contributed by atoms with E-state index in [0.717, 1.165) is 37.7 Å². The van der Waals surface area contributed by atoms with Gasteiger partial charge in [-0.1, -0.05) is 0 Å². The number of hydrogen-bond acceptors (Lipinski definition) is 4. The molecular weight excluding hydrogens is 294 g/mol. The molecular formula is C17H23N3O3. The van der Waals surface area contributed by atoms with Crippen molar-refractivity contribution in [1.29, 1.82) is 0 Å². The van der Waals surface area contributed by atoms with Gasteiger partial charge in [-0.25, -0.2) is 0 Å². The largest absolute Gasteiger partial charge is 0.378 e. The lowest BCUT2D eigenvalue weighted by atomic mass is 9.96. The van der Waals surface area contributed by atoms with Crippen LogP contribution in [0.5, 0.6) is 0 Å². The summed E-state index contributed by atoms with van der Waals surface area (Å²) in [6.45, 7) is 7.47. The molecule has 2 aliphatic heterocycles. The molecule has 2 fully saturated rings. The van der Waals surface area contributed by atoms with Gasteiger partial charge in [0, 0.05) is 37.4 Å². The number of nitrogens with zero attached hydrogens (tertiary/aromatic N) is 2. The maximum absolute atomic E-state index is 12.5. The first-order valence-electron chi connectivity index (χ1n) is 8.03. The molecule has 124 valence electrons. The Morgan fingerprint density at radius 1 is 1.13 bits per heavy atom. The van der Waals surface area contributed by atoms with Crippen molar-refractivity contribution in [3.63, 3.8) is 0 Å². The van der Waals surface area contributed by atoms with Gasteiger partial charge in [0.1, 0.15) is 5.54 Å². The van der Waals surface area contributed by atoms with E-state index in [1.165, 1.54) is 0 Å². The molecule has 0 radical (unpaired) electrons. The Balaban J connectivity index is 1.63. The first-order valence-corrected chi connectivity index (χ1v) is 8.03. The highest BCUT2D eigenvalue weighted by Gasteiger charge is 2.42. The van der Waals surface area contributed by atoms with Crippen molar-refractivity contribution in [1.82, 2.24) is 4.90 Å². The molecule has 2 heterocycles. The number of benzene rings is 1. The maximum atomic E-state index is 12.5. The molecule has 0 aliphatic carbocycles. The lowest BCUT2D eigenvalue weighted by Crippen LogP contribution is -2.60. The Kier molecular flexibility index (Phi) is 4.26. The quantitative estimate of drug-likeness (QED) is 0.854. The van der Waals surface area contributed by atoms with Gasteiger partial charge in [-0.05, 0) is 38.1 Å². The third-order valence-electron chi connectivity index (χ3n) is 4.58. The normalized spacial score (nSPS) is 18.6. The van der Waals surface area contributed by atoms with Crippen LogP contribution in [-0.4, -0.2) is 55.1 Å². The SMILES string of the molecule is CC(C)(C(=O)Nc1ccc(N2CCOCC2)cc1)N1CCC1=O. The zero-order valence-corrected chi connectivity index (χ0v) is 13.7. The van der Waals surface area contributed by atoms with Crippen LogP contribution in [0.25, 0.3) is 0 Å². The van der Waals surface area contributed by atoms with Gasteiger partial charge in [0.05, 0.1) is 13.2 Å². The van der Waals surface area contributed by atoms with Gasteiger partial charge in [-0.15, -0.1) is 0 Å². The van der Waals surface area contributed by atoms with Gasteiger partial charge >= 0.3 is 0 Å². The summed E-state index contributed by atoms with van der Waals surface area (Å²) in [6, 6.07) is 7.80. The summed E-state index contributed by atoms with van der Waals surface area (Å²) in [5, 5.41) is 2.91. The molecule has 2 saturated heterocycles. The van der Waals surface area contributed by atoms with Crippen LogP contribution in [0.2, 0.25) is 0 Å². The second kappa shape index (κ2) is 6.20. The molecule has 3 rings (SSSR count). The summed E-state index contributed by atoms with van der Waals surface area (Å²) in [5.74, 6) is -0.127. The van der Waals surface area contributed by atoms with E-state index in [0.29, 0.717) is 13.0 Å². The third kappa shape index (κ3) is 3.17. The smallest absolute Gasteiger partial charge is 0.249 e. The van der Waals surface area contributed by atoms with Gasteiger partial charge < -0.3 is 19.9 Å². The molecule has 1 N–H and O–H groups in total. The van der Waals surface area contributed by atoms with Crippen LogP contribution in [0.1, 0.15) is 20.3 Å². The highest BCUT2D eigenvalue weighted by Crippen LogP contribution is 2.25. The van der Waals surface area contributed by atoms with E-state index in [1.54, 1.807) is 18.7 Å². The molecule has 0 saturated carbocycles. The van der Waals surface area contributed by atoms with E-state index in [-0.39, 0.29) is 11.8 Å².